The molecule has 0 saturated heterocycles. The fourth-order valence-electron chi connectivity index (χ4n) is 3.91. The van der Waals surface area contributed by atoms with Gasteiger partial charge in [0.25, 0.3) is 0 Å². The molecule has 0 aromatic rings. The third-order valence-corrected chi connectivity index (χ3v) is 5.88. The van der Waals surface area contributed by atoms with Crippen LogP contribution in [0.4, 0.5) is 0 Å². The molecule has 0 heterocycles. The van der Waals surface area contributed by atoms with Gasteiger partial charge in [0.15, 0.2) is 0 Å². The Morgan fingerprint density at radius 2 is 0.893 bits per heavy atom. The molecule has 1 aliphatic rings. The minimum atomic E-state index is -0.0625. The minimum Gasteiger partial charge on any atom is -0.465 e. The first kappa shape index (κ1) is 25.0. The summed E-state index contributed by atoms with van der Waals surface area (Å²) >= 11 is 0. The van der Waals surface area contributed by atoms with Gasteiger partial charge < -0.3 is 9.47 Å². The summed E-state index contributed by atoms with van der Waals surface area (Å²) in [5.41, 5.74) is 0. The SMILES string of the molecule is CCCCCCCCOC(=O)C1CCC(C(=O)OCCCCCCCC)CC1. The van der Waals surface area contributed by atoms with Crippen molar-refractivity contribution in [2.45, 2.75) is 117 Å². The van der Waals surface area contributed by atoms with Crippen molar-refractivity contribution in [3.05, 3.63) is 0 Å². The average molecular weight is 397 g/mol. The molecule has 0 aliphatic heterocycles. The Balaban J connectivity index is 2.04. The molecule has 0 atom stereocenters. The Hall–Kier alpha value is -1.06. The molecule has 1 saturated carbocycles. The molecule has 0 aromatic heterocycles. The minimum absolute atomic E-state index is 0.0253. The Labute approximate surface area is 173 Å². The zero-order valence-corrected chi connectivity index (χ0v) is 18.5. The van der Waals surface area contributed by atoms with E-state index in [-0.39, 0.29) is 23.8 Å². The summed E-state index contributed by atoms with van der Waals surface area (Å²) in [5, 5.41) is 0. The standard InChI is InChI=1S/C24H44O4/c1-3-5-7-9-11-13-19-27-23(25)21-15-17-22(18-16-21)24(26)28-20-14-12-10-8-6-4-2/h21-22H,3-20H2,1-2H3. The Kier molecular flexibility index (Phi) is 15.0. The van der Waals surface area contributed by atoms with E-state index in [9.17, 15) is 9.59 Å². The lowest BCUT2D eigenvalue weighted by atomic mass is 9.82. The van der Waals surface area contributed by atoms with E-state index in [4.69, 9.17) is 9.47 Å². The van der Waals surface area contributed by atoms with Crippen LogP contribution < -0.4 is 0 Å². The van der Waals surface area contributed by atoms with Crippen molar-refractivity contribution < 1.29 is 19.1 Å². The second kappa shape index (κ2) is 16.9. The van der Waals surface area contributed by atoms with Crippen LogP contribution in [0.2, 0.25) is 0 Å². The zero-order chi connectivity index (χ0) is 20.5. The molecule has 0 aromatic carbocycles. The molecule has 164 valence electrons. The van der Waals surface area contributed by atoms with Crippen LogP contribution in [0.1, 0.15) is 117 Å². The molecule has 1 rings (SSSR count). The molecule has 4 heteroatoms. The predicted molar refractivity (Wildman–Crippen MR) is 114 cm³/mol. The van der Waals surface area contributed by atoms with Gasteiger partial charge in [0.1, 0.15) is 0 Å². The lowest BCUT2D eigenvalue weighted by molar-refractivity contribution is -0.155. The van der Waals surface area contributed by atoms with Gasteiger partial charge in [-0.1, -0.05) is 78.1 Å². The monoisotopic (exact) mass is 396 g/mol. The Morgan fingerprint density at radius 3 is 1.25 bits per heavy atom. The number of ether oxygens (including phenoxy) is 2. The topological polar surface area (TPSA) is 52.6 Å². The normalized spacial score (nSPS) is 19.4. The molecule has 1 aliphatic carbocycles. The van der Waals surface area contributed by atoms with Crippen LogP contribution in [0.15, 0.2) is 0 Å². The van der Waals surface area contributed by atoms with Crippen LogP contribution in [0.25, 0.3) is 0 Å². The maximum Gasteiger partial charge on any atom is 0.308 e. The zero-order valence-electron chi connectivity index (χ0n) is 18.5. The van der Waals surface area contributed by atoms with Gasteiger partial charge in [-0.3, -0.25) is 9.59 Å². The fraction of sp³-hybridized carbons (Fsp3) is 0.917. The summed E-state index contributed by atoms with van der Waals surface area (Å²) in [4.78, 5) is 24.4. The molecule has 4 nitrogen and oxygen atoms in total. The number of rotatable bonds is 16. The summed E-state index contributed by atoms with van der Waals surface area (Å²) in [6.45, 7) is 5.52. The summed E-state index contributed by atoms with van der Waals surface area (Å²) in [6, 6.07) is 0. The maximum atomic E-state index is 12.2. The van der Waals surface area contributed by atoms with Crippen LogP contribution in [-0.4, -0.2) is 25.2 Å². The van der Waals surface area contributed by atoms with Gasteiger partial charge in [-0.25, -0.2) is 0 Å². The third-order valence-electron chi connectivity index (χ3n) is 5.88. The van der Waals surface area contributed by atoms with Crippen molar-refractivity contribution in [1.29, 1.82) is 0 Å². The average Bonchev–Trinajstić information content (AvgIpc) is 2.72. The second-order valence-electron chi connectivity index (χ2n) is 8.42. The quantitative estimate of drug-likeness (QED) is 0.218. The second-order valence-corrected chi connectivity index (χ2v) is 8.42. The van der Waals surface area contributed by atoms with E-state index in [1.54, 1.807) is 0 Å². The summed E-state index contributed by atoms with van der Waals surface area (Å²) in [6.07, 6.45) is 17.4. The fourth-order valence-corrected chi connectivity index (χ4v) is 3.91. The molecule has 0 unspecified atom stereocenters. The van der Waals surface area contributed by atoms with Gasteiger partial charge in [0.2, 0.25) is 0 Å². The third kappa shape index (κ3) is 11.7. The first-order valence-electron chi connectivity index (χ1n) is 12.0. The van der Waals surface area contributed by atoms with Gasteiger partial charge in [0, 0.05) is 0 Å². The molecule has 0 N–H and O–H groups in total. The van der Waals surface area contributed by atoms with E-state index in [0.29, 0.717) is 13.2 Å². The molecule has 28 heavy (non-hydrogen) atoms. The number of unbranched alkanes of at least 4 members (excludes halogenated alkanes) is 10. The lowest BCUT2D eigenvalue weighted by Crippen LogP contribution is -2.28. The van der Waals surface area contributed by atoms with Crippen LogP contribution in [0, 0.1) is 11.8 Å². The molecular formula is C24H44O4. The largest absolute Gasteiger partial charge is 0.465 e. The molecule has 0 spiro atoms. The summed E-state index contributed by atoms with van der Waals surface area (Å²) < 4.78 is 10.9. The summed E-state index contributed by atoms with van der Waals surface area (Å²) in [5.74, 6) is -0.176. The van der Waals surface area contributed by atoms with E-state index in [1.165, 1.54) is 51.4 Å². The number of hydrogen-bond donors (Lipinski definition) is 0. The van der Waals surface area contributed by atoms with Gasteiger partial charge in [-0.15, -0.1) is 0 Å². The molecule has 1 fully saturated rings. The van der Waals surface area contributed by atoms with Crippen molar-refractivity contribution in [3.8, 4) is 0 Å². The highest BCUT2D eigenvalue weighted by Gasteiger charge is 2.31. The van der Waals surface area contributed by atoms with Crippen LogP contribution >= 0.6 is 0 Å². The number of carbonyl (C=O) groups excluding carboxylic acids is 2. The van der Waals surface area contributed by atoms with E-state index >= 15 is 0 Å². The van der Waals surface area contributed by atoms with Crippen molar-refractivity contribution in [2.24, 2.45) is 11.8 Å². The summed E-state index contributed by atoms with van der Waals surface area (Å²) in [7, 11) is 0. The van der Waals surface area contributed by atoms with Crippen molar-refractivity contribution >= 4 is 11.9 Å². The van der Waals surface area contributed by atoms with Crippen LogP contribution in [-0.2, 0) is 19.1 Å². The Morgan fingerprint density at radius 1 is 0.571 bits per heavy atom. The van der Waals surface area contributed by atoms with E-state index in [1.807, 2.05) is 0 Å². The van der Waals surface area contributed by atoms with Crippen molar-refractivity contribution in [3.63, 3.8) is 0 Å². The van der Waals surface area contributed by atoms with E-state index in [0.717, 1.165) is 51.4 Å². The van der Waals surface area contributed by atoms with Gasteiger partial charge in [-0.05, 0) is 38.5 Å². The Bertz CT molecular complexity index is 361. The molecule has 0 radical (unpaired) electrons. The van der Waals surface area contributed by atoms with Crippen molar-refractivity contribution in [2.75, 3.05) is 13.2 Å². The highest BCUT2D eigenvalue weighted by Crippen LogP contribution is 2.30. The predicted octanol–water partition coefficient (Wildman–Crippen LogP) is 6.60. The van der Waals surface area contributed by atoms with Gasteiger partial charge in [-0.2, -0.15) is 0 Å². The van der Waals surface area contributed by atoms with Gasteiger partial charge >= 0.3 is 11.9 Å². The number of carbonyl (C=O) groups is 2. The highest BCUT2D eigenvalue weighted by molar-refractivity contribution is 5.75. The van der Waals surface area contributed by atoms with Crippen LogP contribution in [0.5, 0.6) is 0 Å². The van der Waals surface area contributed by atoms with E-state index < -0.39 is 0 Å². The first-order valence-corrected chi connectivity index (χ1v) is 12.0. The van der Waals surface area contributed by atoms with Crippen LogP contribution in [0.3, 0.4) is 0 Å². The van der Waals surface area contributed by atoms with Gasteiger partial charge in [0.05, 0.1) is 25.0 Å². The number of esters is 2. The molecular weight excluding hydrogens is 352 g/mol. The van der Waals surface area contributed by atoms with E-state index in [2.05, 4.69) is 13.8 Å². The molecule has 0 bridgehead atoms. The molecule has 0 amide bonds. The number of hydrogen-bond acceptors (Lipinski definition) is 4. The highest BCUT2D eigenvalue weighted by atomic mass is 16.5. The first-order chi connectivity index (χ1) is 13.7. The smallest absolute Gasteiger partial charge is 0.308 e. The van der Waals surface area contributed by atoms with Crippen molar-refractivity contribution in [1.82, 2.24) is 0 Å². The lowest BCUT2D eigenvalue weighted by Gasteiger charge is -2.26. The maximum absolute atomic E-state index is 12.2.